The summed E-state index contributed by atoms with van der Waals surface area (Å²) in [5.41, 5.74) is 1.42. The van der Waals surface area contributed by atoms with Crippen molar-refractivity contribution in [1.29, 1.82) is 0 Å². The fourth-order valence-electron chi connectivity index (χ4n) is 3.24. The normalized spacial score (nSPS) is 24.8. The number of rotatable bonds is 9. The van der Waals surface area contributed by atoms with Gasteiger partial charge in [0, 0.05) is 44.2 Å². The number of benzene rings is 1. The summed E-state index contributed by atoms with van der Waals surface area (Å²) in [6, 6.07) is 11.2. The van der Waals surface area contributed by atoms with Crippen molar-refractivity contribution in [2.45, 2.75) is 38.1 Å². The summed E-state index contributed by atoms with van der Waals surface area (Å²) in [5.74, 6) is 2.13. The third-order valence-electron chi connectivity index (χ3n) is 4.78. The molecule has 2 fully saturated rings. The van der Waals surface area contributed by atoms with Crippen LogP contribution in [0.25, 0.3) is 0 Å². The second kappa shape index (κ2) is 11.8. The van der Waals surface area contributed by atoms with Crippen LogP contribution < -0.4 is 10.6 Å². The molecule has 1 aromatic carbocycles. The molecule has 146 valence electrons. The first kappa shape index (κ1) is 21.4. The Balaban J connectivity index is 0.00000243. The lowest BCUT2D eigenvalue weighted by molar-refractivity contribution is 0.0893. The minimum Gasteiger partial charge on any atom is -0.381 e. The van der Waals surface area contributed by atoms with Gasteiger partial charge in [0.25, 0.3) is 0 Å². The Labute approximate surface area is 174 Å². The number of aliphatic imine (C=N–C) groups is 1. The average molecular weight is 473 g/mol. The van der Waals surface area contributed by atoms with E-state index in [-0.39, 0.29) is 24.0 Å². The van der Waals surface area contributed by atoms with Gasteiger partial charge in [0.1, 0.15) is 0 Å². The van der Waals surface area contributed by atoms with E-state index < -0.39 is 0 Å². The van der Waals surface area contributed by atoms with E-state index in [1.54, 1.807) is 0 Å². The van der Waals surface area contributed by atoms with Gasteiger partial charge in [-0.1, -0.05) is 30.3 Å². The SMILES string of the molecule is CCNC(=NCCCOCC1CCOC1)NC1CC1c1ccccc1.I. The molecular formula is C20H32IN3O2. The lowest BCUT2D eigenvalue weighted by atomic mass is 10.1. The van der Waals surface area contributed by atoms with E-state index in [4.69, 9.17) is 9.47 Å². The maximum atomic E-state index is 5.74. The van der Waals surface area contributed by atoms with E-state index in [1.807, 2.05) is 0 Å². The molecule has 2 aliphatic rings. The summed E-state index contributed by atoms with van der Waals surface area (Å²) < 4.78 is 11.1. The Bertz CT molecular complexity index is 535. The summed E-state index contributed by atoms with van der Waals surface area (Å²) >= 11 is 0. The summed E-state index contributed by atoms with van der Waals surface area (Å²) in [4.78, 5) is 4.68. The molecule has 1 saturated heterocycles. The zero-order valence-electron chi connectivity index (χ0n) is 15.7. The number of guanidine groups is 1. The third-order valence-corrected chi connectivity index (χ3v) is 4.78. The fourth-order valence-corrected chi connectivity index (χ4v) is 3.24. The van der Waals surface area contributed by atoms with Gasteiger partial charge in [-0.15, -0.1) is 24.0 Å². The molecule has 1 aliphatic carbocycles. The lowest BCUT2D eigenvalue weighted by Gasteiger charge is -2.12. The number of nitrogens with one attached hydrogen (secondary N) is 2. The fraction of sp³-hybridized carbons (Fsp3) is 0.650. The first-order valence-corrected chi connectivity index (χ1v) is 9.62. The monoisotopic (exact) mass is 473 g/mol. The Morgan fingerprint density at radius 1 is 1.31 bits per heavy atom. The van der Waals surface area contributed by atoms with Crippen molar-refractivity contribution in [1.82, 2.24) is 10.6 Å². The number of halogens is 1. The van der Waals surface area contributed by atoms with Crippen molar-refractivity contribution >= 4 is 29.9 Å². The minimum atomic E-state index is 0. The zero-order chi connectivity index (χ0) is 17.3. The van der Waals surface area contributed by atoms with Gasteiger partial charge in [-0.2, -0.15) is 0 Å². The van der Waals surface area contributed by atoms with Gasteiger partial charge >= 0.3 is 0 Å². The molecule has 0 aromatic heterocycles. The van der Waals surface area contributed by atoms with E-state index in [2.05, 4.69) is 52.9 Å². The predicted molar refractivity (Wildman–Crippen MR) is 116 cm³/mol. The number of nitrogens with zero attached hydrogens (tertiary/aromatic N) is 1. The molecule has 1 aromatic rings. The standard InChI is InChI=1S/C20H31N3O2.HI/c1-2-21-20(22-10-6-11-24-14-16-9-12-25-15-16)23-19-13-18(19)17-7-4-3-5-8-17;/h3-5,7-8,16,18-19H,2,6,9-15H2,1H3,(H2,21,22,23);1H. The van der Waals surface area contributed by atoms with Crippen molar-refractivity contribution in [3.63, 3.8) is 0 Å². The van der Waals surface area contributed by atoms with E-state index in [9.17, 15) is 0 Å². The summed E-state index contributed by atoms with van der Waals surface area (Å²) in [5, 5.41) is 6.90. The van der Waals surface area contributed by atoms with E-state index in [0.29, 0.717) is 17.9 Å². The Kier molecular flexibility index (Phi) is 9.71. The average Bonchev–Trinajstić information content (AvgIpc) is 3.20. The summed E-state index contributed by atoms with van der Waals surface area (Å²) in [6.45, 7) is 7.12. The second-order valence-electron chi connectivity index (χ2n) is 6.92. The van der Waals surface area contributed by atoms with E-state index in [1.165, 1.54) is 12.0 Å². The van der Waals surface area contributed by atoms with Gasteiger partial charge in [0.15, 0.2) is 5.96 Å². The van der Waals surface area contributed by atoms with Crippen molar-refractivity contribution < 1.29 is 9.47 Å². The summed E-state index contributed by atoms with van der Waals surface area (Å²) in [6.07, 6.45) is 3.27. The van der Waals surface area contributed by atoms with Crippen LogP contribution in [-0.4, -0.2) is 51.5 Å². The van der Waals surface area contributed by atoms with Gasteiger partial charge in [-0.25, -0.2) is 0 Å². The van der Waals surface area contributed by atoms with Crippen molar-refractivity contribution in [3.05, 3.63) is 35.9 Å². The Hall–Kier alpha value is -0.860. The molecule has 26 heavy (non-hydrogen) atoms. The topological polar surface area (TPSA) is 54.9 Å². The van der Waals surface area contributed by atoms with Crippen LogP contribution in [0.1, 0.15) is 37.7 Å². The highest BCUT2D eigenvalue weighted by atomic mass is 127. The number of ether oxygens (including phenoxy) is 2. The maximum absolute atomic E-state index is 5.74. The first-order valence-electron chi connectivity index (χ1n) is 9.62. The number of hydrogen-bond donors (Lipinski definition) is 2. The highest BCUT2D eigenvalue weighted by Gasteiger charge is 2.38. The van der Waals surface area contributed by atoms with E-state index >= 15 is 0 Å². The molecule has 0 amide bonds. The van der Waals surface area contributed by atoms with Crippen LogP contribution in [0.4, 0.5) is 0 Å². The van der Waals surface area contributed by atoms with Gasteiger partial charge < -0.3 is 20.1 Å². The van der Waals surface area contributed by atoms with Gasteiger partial charge in [0.2, 0.25) is 0 Å². The van der Waals surface area contributed by atoms with Crippen molar-refractivity contribution in [2.24, 2.45) is 10.9 Å². The molecule has 6 heteroatoms. The molecular weight excluding hydrogens is 441 g/mol. The lowest BCUT2D eigenvalue weighted by Crippen LogP contribution is -2.39. The largest absolute Gasteiger partial charge is 0.381 e. The maximum Gasteiger partial charge on any atom is 0.191 e. The zero-order valence-corrected chi connectivity index (χ0v) is 18.0. The molecule has 5 nitrogen and oxygen atoms in total. The minimum absolute atomic E-state index is 0. The first-order chi connectivity index (χ1) is 12.4. The second-order valence-corrected chi connectivity index (χ2v) is 6.92. The van der Waals surface area contributed by atoms with Crippen LogP contribution in [0.15, 0.2) is 35.3 Å². The van der Waals surface area contributed by atoms with Crippen LogP contribution >= 0.6 is 24.0 Å². The highest BCUT2D eigenvalue weighted by Crippen LogP contribution is 2.40. The molecule has 2 N–H and O–H groups in total. The Morgan fingerprint density at radius 2 is 2.15 bits per heavy atom. The molecule has 3 rings (SSSR count). The predicted octanol–water partition coefficient (Wildman–Crippen LogP) is 3.16. The van der Waals surface area contributed by atoms with Gasteiger partial charge in [0.05, 0.1) is 13.2 Å². The van der Waals surface area contributed by atoms with Crippen LogP contribution in [0.5, 0.6) is 0 Å². The van der Waals surface area contributed by atoms with Crippen LogP contribution in [0.3, 0.4) is 0 Å². The molecule has 3 atom stereocenters. The number of hydrogen-bond acceptors (Lipinski definition) is 3. The highest BCUT2D eigenvalue weighted by molar-refractivity contribution is 14.0. The van der Waals surface area contributed by atoms with Crippen LogP contribution in [0, 0.1) is 5.92 Å². The molecule has 0 bridgehead atoms. The van der Waals surface area contributed by atoms with Gasteiger partial charge in [-0.05, 0) is 31.7 Å². The molecule has 3 unspecified atom stereocenters. The van der Waals surface area contributed by atoms with Crippen molar-refractivity contribution in [2.75, 3.05) is 39.5 Å². The summed E-state index contributed by atoms with van der Waals surface area (Å²) in [7, 11) is 0. The smallest absolute Gasteiger partial charge is 0.191 e. The van der Waals surface area contributed by atoms with Crippen LogP contribution in [0.2, 0.25) is 0 Å². The van der Waals surface area contributed by atoms with Crippen LogP contribution in [-0.2, 0) is 9.47 Å². The quantitative estimate of drug-likeness (QED) is 0.251. The van der Waals surface area contributed by atoms with Crippen molar-refractivity contribution in [3.8, 4) is 0 Å². The van der Waals surface area contributed by atoms with Gasteiger partial charge in [-0.3, -0.25) is 4.99 Å². The molecule has 1 heterocycles. The third kappa shape index (κ3) is 7.04. The molecule has 1 saturated carbocycles. The molecule has 1 aliphatic heterocycles. The molecule has 0 spiro atoms. The van der Waals surface area contributed by atoms with E-state index in [0.717, 1.165) is 58.3 Å². The Morgan fingerprint density at radius 3 is 2.88 bits per heavy atom. The molecule has 0 radical (unpaired) electrons.